The number of halogens is 1. The number of carboxylic acid groups (broad SMARTS) is 1. The SMILES string of the molecule is COc1ccc(Cc2nc3c(c4c2[nH]c2ccccc24)CCN(C(=O)CCNC(=O)O)C3)cc1F. The number of hydrogen-bond donors (Lipinski definition) is 3. The number of ether oxygens (including phenoxy) is 1. The third-order valence-electron chi connectivity index (χ3n) is 6.44. The van der Waals surface area contributed by atoms with E-state index in [1.165, 1.54) is 13.2 Å². The molecule has 0 spiro atoms. The number of methoxy groups -OCH3 is 1. The first-order valence-electron chi connectivity index (χ1n) is 11.4. The van der Waals surface area contributed by atoms with E-state index in [1.807, 2.05) is 24.3 Å². The van der Waals surface area contributed by atoms with Gasteiger partial charge in [-0.1, -0.05) is 24.3 Å². The van der Waals surface area contributed by atoms with Crippen LogP contribution in [0.25, 0.3) is 21.8 Å². The van der Waals surface area contributed by atoms with Crippen molar-refractivity contribution in [2.45, 2.75) is 25.8 Å². The second-order valence-corrected chi connectivity index (χ2v) is 8.60. The molecule has 35 heavy (non-hydrogen) atoms. The highest BCUT2D eigenvalue weighted by atomic mass is 19.1. The Hall–Kier alpha value is -4.14. The predicted octanol–water partition coefficient (Wildman–Crippen LogP) is 4.00. The molecule has 3 heterocycles. The third kappa shape index (κ3) is 4.37. The van der Waals surface area contributed by atoms with Crippen LogP contribution in [0.1, 0.15) is 28.9 Å². The lowest BCUT2D eigenvalue weighted by Crippen LogP contribution is -2.38. The summed E-state index contributed by atoms with van der Waals surface area (Å²) in [6.07, 6.45) is 0.00361. The Labute approximate surface area is 200 Å². The number of H-pyrrole nitrogens is 1. The summed E-state index contributed by atoms with van der Waals surface area (Å²) in [7, 11) is 1.43. The summed E-state index contributed by atoms with van der Waals surface area (Å²) >= 11 is 0. The van der Waals surface area contributed by atoms with Crippen molar-refractivity contribution < 1.29 is 23.8 Å². The number of para-hydroxylation sites is 1. The van der Waals surface area contributed by atoms with E-state index in [0.717, 1.165) is 44.3 Å². The summed E-state index contributed by atoms with van der Waals surface area (Å²) in [5.41, 5.74) is 5.39. The molecule has 1 aliphatic rings. The molecule has 0 fully saturated rings. The van der Waals surface area contributed by atoms with Gasteiger partial charge in [-0.25, -0.2) is 9.18 Å². The topological polar surface area (TPSA) is 108 Å². The molecule has 8 nitrogen and oxygen atoms in total. The van der Waals surface area contributed by atoms with E-state index in [0.29, 0.717) is 25.9 Å². The van der Waals surface area contributed by atoms with Gasteiger partial charge in [0.25, 0.3) is 0 Å². The van der Waals surface area contributed by atoms with Crippen LogP contribution in [0.5, 0.6) is 5.75 Å². The van der Waals surface area contributed by atoms with E-state index >= 15 is 0 Å². The van der Waals surface area contributed by atoms with Crippen molar-refractivity contribution in [1.82, 2.24) is 20.2 Å². The standard InChI is InChI=1S/C26H25FN4O4/c1-35-22-7-6-15(12-18(22)27)13-20-25-24(16-4-2-3-5-19(16)30-25)17-9-11-31(14-21(17)29-20)23(32)8-10-28-26(33)34/h2-7,12,28,30H,8-11,13-14H2,1H3,(H,33,34). The summed E-state index contributed by atoms with van der Waals surface area (Å²) in [5.74, 6) is -0.360. The molecular formula is C26H25FN4O4. The van der Waals surface area contributed by atoms with Gasteiger partial charge in [-0.2, -0.15) is 0 Å². The summed E-state index contributed by atoms with van der Waals surface area (Å²) in [6.45, 7) is 0.958. The molecule has 0 saturated carbocycles. The minimum absolute atomic E-state index is 0.0702. The number of carbonyl (C=O) groups excluding carboxylic acids is 1. The number of rotatable bonds is 6. The normalized spacial score (nSPS) is 13.1. The summed E-state index contributed by atoms with van der Waals surface area (Å²) in [4.78, 5) is 33.6. The number of amides is 2. The smallest absolute Gasteiger partial charge is 0.404 e. The minimum atomic E-state index is -1.15. The molecule has 4 aromatic rings. The van der Waals surface area contributed by atoms with Crippen molar-refractivity contribution in [3.05, 3.63) is 70.8 Å². The Kier molecular flexibility index (Phi) is 5.98. The monoisotopic (exact) mass is 476 g/mol. The van der Waals surface area contributed by atoms with E-state index in [2.05, 4.69) is 16.4 Å². The highest BCUT2D eigenvalue weighted by Gasteiger charge is 2.26. The summed E-state index contributed by atoms with van der Waals surface area (Å²) in [5, 5.41) is 13.2. The number of aromatic amines is 1. The highest BCUT2D eigenvalue weighted by molar-refractivity contribution is 6.10. The fraction of sp³-hybridized carbons (Fsp3) is 0.269. The van der Waals surface area contributed by atoms with Crippen LogP contribution in [0.3, 0.4) is 0 Å². The van der Waals surface area contributed by atoms with Crippen LogP contribution < -0.4 is 10.1 Å². The lowest BCUT2D eigenvalue weighted by Gasteiger charge is -2.29. The van der Waals surface area contributed by atoms with Gasteiger partial charge in [-0.05, 0) is 35.7 Å². The van der Waals surface area contributed by atoms with Gasteiger partial charge in [-0.15, -0.1) is 0 Å². The van der Waals surface area contributed by atoms with E-state index in [9.17, 15) is 14.0 Å². The number of nitrogens with one attached hydrogen (secondary N) is 2. The quantitative estimate of drug-likeness (QED) is 0.390. The van der Waals surface area contributed by atoms with Crippen LogP contribution in [0.2, 0.25) is 0 Å². The fourth-order valence-electron chi connectivity index (χ4n) is 4.80. The van der Waals surface area contributed by atoms with Crippen LogP contribution in [-0.4, -0.2) is 52.2 Å². The average Bonchev–Trinajstić information content (AvgIpc) is 3.24. The molecule has 5 rings (SSSR count). The molecular weight excluding hydrogens is 451 g/mol. The molecule has 0 unspecified atom stereocenters. The van der Waals surface area contributed by atoms with Crippen molar-refractivity contribution in [2.24, 2.45) is 0 Å². The van der Waals surface area contributed by atoms with Gasteiger partial charge in [0.05, 0.1) is 30.6 Å². The number of hydrogen-bond acceptors (Lipinski definition) is 4. The number of carbonyl (C=O) groups is 2. The number of pyridine rings is 1. The molecule has 0 aliphatic carbocycles. The molecule has 3 N–H and O–H groups in total. The fourth-order valence-corrected chi connectivity index (χ4v) is 4.80. The van der Waals surface area contributed by atoms with Gasteiger partial charge in [0.15, 0.2) is 11.6 Å². The second-order valence-electron chi connectivity index (χ2n) is 8.60. The van der Waals surface area contributed by atoms with Crippen molar-refractivity contribution in [3.8, 4) is 5.75 Å². The largest absolute Gasteiger partial charge is 0.494 e. The third-order valence-corrected chi connectivity index (χ3v) is 6.44. The summed E-state index contributed by atoms with van der Waals surface area (Å²) in [6, 6.07) is 12.9. The maximum atomic E-state index is 14.4. The zero-order valence-electron chi connectivity index (χ0n) is 19.2. The van der Waals surface area contributed by atoms with E-state index in [4.69, 9.17) is 14.8 Å². The van der Waals surface area contributed by atoms with Gasteiger partial charge < -0.3 is 25.0 Å². The Morgan fingerprint density at radius 1 is 1.26 bits per heavy atom. The number of nitrogens with zero attached hydrogens (tertiary/aromatic N) is 2. The first-order chi connectivity index (χ1) is 16.9. The van der Waals surface area contributed by atoms with Crippen LogP contribution in [-0.2, 0) is 24.2 Å². The lowest BCUT2D eigenvalue weighted by atomic mass is 9.96. The minimum Gasteiger partial charge on any atom is -0.494 e. The van der Waals surface area contributed by atoms with Crippen LogP contribution in [0.4, 0.5) is 9.18 Å². The van der Waals surface area contributed by atoms with Crippen LogP contribution in [0.15, 0.2) is 42.5 Å². The van der Waals surface area contributed by atoms with E-state index < -0.39 is 11.9 Å². The molecule has 9 heteroatoms. The highest BCUT2D eigenvalue weighted by Crippen LogP contribution is 2.35. The van der Waals surface area contributed by atoms with Crippen molar-refractivity contribution in [2.75, 3.05) is 20.2 Å². The molecule has 0 radical (unpaired) electrons. The zero-order valence-corrected chi connectivity index (χ0v) is 19.2. The maximum absolute atomic E-state index is 14.4. The van der Waals surface area contributed by atoms with Crippen molar-refractivity contribution in [3.63, 3.8) is 0 Å². The Morgan fingerprint density at radius 2 is 2.09 bits per heavy atom. The van der Waals surface area contributed by atoms with Crippen molar-refractivity contribution in [1.29, 1.82) is 0 Å². The Balaban J connectivity index is 1.54. The molecule has 1 aliphatic heterocycles. The van der Waals surface area contributed by atoms with E-state index in [-0.39, 0.29) is 24.6 Å². The zero-order chi connectivity index (χ0) is 24.5. The molecule has 2 aromatic heterocycles. The molecule has 0 saturated heterocycles. The summed E-state index contributed by atoms with van der Waals surface area (Å²) < 4.78 is 19.4. The Morgan fingerprint density at radius 3 is 2.86 bits per heavy atom. The molecule has 2 aromatic carbocycles. The second kappa shape index (κ2) is 9.25. The average molecular weight is 477 g/mol. The van der Waals surface area contributed by atoms with Crippen molar-refractivity contribution >= 4 is 33.8 Å². The molecule has 2 amide bonds. The first-order valence-corrected chi connectivity index (χ1v) is 11.4. The van der Waals surface area contributed by atoms with Crippen LogP contribution >= 0.6 is 0 Å². The van der Waals surface area contributed by atoms with E-state index in [1.54, 1.807) is 11.0 Å². The maximum Gasteiger partial charge on any atom is 0.404 e. The van der Waals surface area contributed by atoms with Crippen LogP contribution in [0, 0.1) is 5.82 Å². The van der Waals surface area contributed by atoms with Gasteiger partial charge in [-0.3, -0.25) is 9.78 Å². The first kappa shape index (κ1) is 22.6. The molecule has 0 bridgehead atoms. The molecule has 180 valence electrons. The Bertz CT molecular complexity index is 1450. The predicted molar refractivity (Wildman–Crippen MR) is 129 cm³/mol. The van der Waals surface area contributed by atoms with Gasteiger partial charge >= 0.3 is 6.09 Å². The number of benzene rings is 2. The van der Waals surface area contributed by atoms with Gasteiger partial charge in [0.2, 0.25) is 5.91 Å². The molecule has 0 atom stereocenters. The lowest BCUT2D eigenvalue weighted by molar-refractivity contribution is -0.132. The number of aromatic nitrogens is 2. The number of fused-ring (bicyclic) bond motifs is 5. The van der Waals surface area contributed by atoms with Gasteiger partial charge in [0, 0.05) is 42.2 Å². The van der Waals surface area contributed by atoms with Gasteiger partial charge in [0.1, 0.15) is 0 Å².